The largest absolute Gasteiger partial charge is 0.355 e. The van der Waals surface area contributed by atoms with Crippen molar-refractivity contribution in [2.75, 3.05) is 80.5 Å². The van der Waals surface area contributed by atoms with E-state index >= 15 is 0 Å². The number of hydrogen-bond acceptors (Lipinski definition) is 6. The average molecular weight is 692 g/mol. The Kier molecular flexibility index (Phi) is 54.3. The van der Waals surface area contributed by atoms with Crippen molar-refractivity contribution in [3.05, 3.63) is 0 Å². The van der Waals surface area contributed by atoms with Crippen LogP contribution in [-0.2, 0) is 4.79 Å². The highest BCUT2D eigenvalue weighted by Gasteiger charge is 2.06. The van der Waals surface area contributed by atoms with Crippen LogP contribution in [0.3, 0.4) is 0 Å². The third-order valence-electron chi connectivity index (χ3n) is 8.55. The lowest BCUT2D eigenvalue weighted by atomic mass is 10.1. The molecule has 9 radical (unpaired) electrons. The number of rotatable bonds is 24. The second-order valence-electron chi connectivity index (χ2n) is 15.5. The number of amides is 1. The summed E-state index contributed by atoms with van der Waals surface area (Å²) in [5.41, 5.74) is 0. The van der Waals surface area contributed by atoms with Crippen molar-refractivity contribution in [2.24, 2.45) is 17.8 Å². The Labute approximate surface area is 317 Å². The van der Waals surface area contributed by atoms with E-state index in [-0.39, 0.29) is 38.6 Å². The van der Waals surface area contributed by atoms with Crippen molar-refractivity contribution >= 4 is 31.1 Å². The summed E-state index contributed by atoms with van der Waals surface area (Å²) >= 11 is 0. The predicted octanol–water partition coefficient (Wildman–Crippen LogP) is 6.81. The fourth-order valence-corrected chi connectivity index (χ4v) is 4.13. The lowest BCUT2D eigenvalue weighted by molar-refractivity contribution is -0.121. The van der Waals surface area contributed by atoms with Gasteiger partial charge in [0.25, 0.3) is 0 Å². The summed E-state index contributed by atoms with van der Waals surface area (Å²) < 4.78 is 0. The van der Waals surface area contributed by atoms with Gasteiger partial charge in [-0.15, -0.1) is 0 Å². The van der Waals surface area contributed by atoms with E-state index in [1.54, 1.807) is 0 Å². The van der Waals surface area contributed by atoms with Crippen LogP contribution in [0.5, 0.6) is 0 Å². The molecule has 0 heterocycles. The summed E-state index contributed by atoms with van der Waals surface area (Å²) in [7, 11) is 8.69. The molecule has 0 fully saturated rings. The molecule has 0 aliphatic rings. The molecule has 0 spiro atoms. The van der Waals surface area contributed by atoms with Gasteiger partial charge in [0, 0.05) is 89.1 Å². The molecule has 0 aliphatic carbocycles. The Balaban J connectivity index is -0.000000104. The van der Waals surface area contributed by atoms with Gasteiger partial charge in [-0.05, 0) is 133 Å². The standard InChI is InChI=1S/C13H28N2O.C13H30N2.C12H28N2.CH4.3B/c1-11(2)7-6-8-13(16)14-9-10-15(5)12(3)4;1-12(2)8-7-9-14(5)10-11-15(6)13(3)4;1-11(2)7-6-8-13-9-10-14(5)12(3)4;;;;/h11-12H,6-10H2,1-5H3,(H,14,16);12-13H,7-11H2,1-6H3;11-13H,6-10H2,1-5H3;1H4;;;. The molecule has 0 saturated carbocycles. The van der Waals surface area contributed by atoms with Crippen LogP contribution >= 0.6 is 0 Å². The van der Waals surface area contributed by atoms with Crippen molar-refractivity contribution < 1.29 is 4.79 Å². The van der Waals surface area contributed by atoms with Gasteiger partial charge in [-0.1, -0.05) is 55.4 Å². The molecule has 49 heavy (non-hydrogen) atoms. The molecule has 1 amide bonds. The van der Waals surface area contributed by atoms with Gasteiger partial charge in [0.05, 0.1) is 0 Å². The molecule has 0 rings (SSSR count). The molecular formula is C39H90B3N6O. The second-order valence-corrected chi connectivity index (χ2v) is 15.5. The van der Waals surface area contributed by atoms with Gasteiger partial charge >= 0.3 is 0 Å². The summed E-state index contributed by atoms with van der Waals surface area (Å²) in [4.78, 5) is 20.9. The molecule has 0 unspecified atom stereocenters. The van der Waals surface area contributed by atoms with Crippen molar-refractivity contribution in [3.63, 3.8) is 0 Å². The molecule has 291 valence electrons. The van der Waals surface area contributed by atoms with Gasteiger partial charge in [0.2, 0.25) is 5.91 Å². The Hall–Kier alpha value is -0.535. The first kappa shape index (κ1) is 63.5. The molecular weight excluding hydrogens is 601 g/mol. The molecule has 7 nitrogen and oxygen atoms in total. The fraction of sp³-hybridized carbons (Fsp3) is 0.974. The van der Waals surface area contributed by atoms with Crippen LogP contribution in [0.1, 0.15) is 135 Å². The molecule has 2 N–H and O–H groups in total. The molecule has 0 atom stereocenters. The van der Waals surface area contributed by atoms with Gasteiger partial charge in [0.15, 0.2) is 0 Å². The third-order valence-corrected chi connectivity index (χ3v) is 8.55. The quantitative estimate of drug-likeness (QED) is 0.0858. The third kappa shape index (κ3) is 51.9. The predicted molar refractivity (Wildman–Crippen MR) is 228 cm³/mol. The highest BCUT2D eigenvalue weighted by molar-refractivity contribution is 5.76. The fourth-order valence-electron chi connectivity index (χ4n) is 4.13. The number of likely N-dealkylation sites (N-methyl/N-ethyl adjacent to an activating group) is 4. The Bertz CT molecular complexity index is 640. The van der Waals surface area contributed by atoms with Crippen molar-refractivity contribution in [1.82, 2.24) is 30.2 Å². The lowest BCUT2D eigenvalue weighted by Crippen LogP contribution is -2.36. The van der Waals surface area contributed by atoms with E-state index in [1.807, 2.05) is 0 Å². The summed E-state index contributed by atoms with van der Waals surface area (Å²) in [5, 5.41) is 6.45. The first-order valence-electron chi connectivity index (χ1n) is 18.7. The van der Waals surface area contributed by atoms with Gasteiger partial charge in [-0.25, -0.2) is 0 Å². The normalized spacial score (nSPS) is 11.0. The molecule has 10 heteroatoms. The minimum atomic E-state index is 0. The van der Waals surface area contributed by atoms with Crippen molar-refractivity contribution in [2.45, 2.75) is 154 Å². The molecule has 0 saturated heterocycles. The first-order valence-corrected chi connectivity index (χ1v) is 18.7. The molecule has 0 bridgehead atoms. The maximum Gasteiger partial charge on any atom is 0.220 e. The van der Waals surface area contributed by atoms with E-state index < -0.39 is 0 Å². The maximum absolute atomic E-state index is 11.4. The van der Waals surface area contributed by atoms with Crippen molar-refractivity contribution in [3.8, 4) is 0 Å². The number of hydrogen-bond donors (Lipinski definition) is 2. The minimum Gasteiger partial charge on any atom is -0.355 e. The van der Waals surface area contributed by atoms with Crippen molar-refractivity contribution in [1.29, 1.82) is 0 Å². The van der Waals surface area contributed by atoms with E-state index in [1.165, 1.54) is 51.9 Å². The van der Waals surface area contributed by atoms with E-state index in [2.05, 4.69) is 142 Å². The molecule has 0 aromatic carbocycles. The average Bonchev–Trinajstić information content (AvgIpc) is 2.93. The van der Waals surface area contributed by atoms with Crippen LogP contribution in [0.25, 0.3) is 0 Å². The van der Waals surface area contributed by atoms with Crippen LogP contribution in [0, 0.1) is 17.8 Å². The van der Waals surface area contributed by atoms with Crippen LogP contribution in [0.4, 0.5) is 0 Å². The minimum absolute atomic E-state index is 0. The smallest absolute Gasteiger partial charge is 0.220 e. The highest BCUT2D eigenvalue weighted by atomic mass is 16.1. The number of carbonyl (C=O) groups is 1. The van der Waals surface area contributed by atoms with E-state index in [0.29, 0.717) is 30.5 Å². The zero-order valence-electron chi connectivity index (χ0n) is 35.5. The second kappa shape index (κ2) is 41.9. The summed E-state index contributed by atoms with van der Waals surface area (Å²) in [6.45, 7) is 35.6. The first-order chi connectivity index (χ1) is 20.9. The zero-order chi connectivity index (χ0) is 35.4. The van der Waals surface area contributed by atoms with Gasteiger partial charge < -0.3 is 30.2 Å². The van der Waals surface area contributed by atoms with E-state index in [4.69, 9.17) is 0 Å². The summed E-state index contributed by atoms with van der Waals surface area (Å²) in [6.07, 6.45) is 8.15. The molecule has 0 aromatic rings. The molecule has 0 aliphatic heterocycles. The summed E-state index contributed by atoms with van der Waals surface area (Å²) in [6, 6.07) is 1.86. The number of nitrogens with zero attached hydrogens (tertiary/aromatic N) is 4. The summed E-state index contributed by atoms with van der Waals surface area (Å²) in [5.74, 6) is 2.57. The van der Waals surface area contributed by atoms with Crippen LogP contribution in [0.2, 0.25) is 0 Å². The van der Waals surface area contributed by atoms with E-state index in [9.17, 15) is 4.79 Å². The topological polar surface area (TPSA) is 54.1 Å². The van der Waals surface area contributed by atoms with Crippen LogP contribution in [-0.4, -0.2) is 149 Å². The number of carbonyl (C=O) groups excluding carboxylic acids is 1. The van der Waals surface area contributed by atoms with E-state index in [0.717, 1.165) is 50.9 Å². The van der Waals surface area contributed by atoms with Gasteiger partial charge in [-0.2, -0.15) is 0 Å². The van der Waals surface area contributed by atoms with Crippen LogP contribution in [0.15, 0.2) is 0 Å². The van der Waals surface area contributed by atoms with Gasteiger partial charge in [-0.3, -0.25) is 4.79 Å². The highest BCUT2D eigenvalue weighted by Crippen LogP contribution is 2.06. The zero-order valence-corrected chi connectivity index (χ0v) is 35.5. The Morgan fingerprint density at radius 3 is 1.31 bits per heavy atom. The Morgan fingerprint density at radius 2 is 0.878 bits per heavy atom. The lowest BCUT2D eigenvalue weighted by Gasteiger charge is -2.24. The monoisotopic (exact) mass is 692 g/mol. The Morgan fingerprint density at radius 1 is 0.490 bits per heavy atom. The number of nitrogens with one attached hydrogen (secondary N) is 2. The molecule has 0 aromatic heterocycles. The van der Waals surface area contributed by atoms with Gasteiger partial charge in [0.1, 0.15) is 0 Å². The SMILES string of the molecule is C.CC(C)CCCC(=O)NCCN(C)C(C)C.CC(C)CCCN(C)CCN(C)C(C)C.CC(C)CCCNCCN(C)C(C)C.[B].[B].[B]. The maximum atomic E-state index is 11.4. The van der Waals surface area contributed by atoms with Crippen LogP contribution < -0.4 is 10.6 Å².